The van der Waals surface area contributed by atoms with Crippen LogP contribution < -0.4 is 5.84 Å². The fourth-order valence-corrected chi connectivity index (χ4v) is 1.65. The van der Waals surface area contributed by atoms with Gasteiger partial charge in [0.1, 0.15) is 12.6 Å². The Balaban J connectivity index is 2.18. The minimum absolute atomic E-state index is 0.0206. The quantitative estimate of drug-likeness (QED) is 0.197. The van der Waals surface area contributed by atoms with Gasteiger partial charge in [-0.25, -0.2) is 9.97 Å². The molecule has 1 aliphatic carbocycles. The molecule has 82 valence electrons. The van der Waals surface area contributed by atoms with E-state index >= 15 is 0 Å². The first-order valence-corrected chi connectivity index (χ1v) is 4.76. The largest absolute Gasteiger partial charge is 0.305 e. The Morgan fingerprint density at radius 1 is 1.50 bits per heavy atom. The SMILES string of the molecule is NN=N/C=N/c1ncc2c(n1)CC(C=O)C2. The van der Waals surface area contributed by atoms with Crippen molar-refractivity contribution in [3.05, 3.63) is 17.5 Å². The molecule has 2 rings (SSSR count). The monoisotopic (exact) mass is 218 g/mol. The minimum Gasteiger partial charge on any atom is -0.305 e. The molecule has 1 heterocycles. The van der Waals surface area contributed by atoms with Crippen LogP contribution in [0.3, 0.4) is 0 Å². The molecule has 0 saturated carbocycles. The van der Waals surface area contributed by atoms with Gasteiger partial charge < -0.3 is 10.6 Å². The molecule has 0 bridgehead atoms. The Morgan fingerprint density at radius 2 is 2.38 bits per heavy atom. The van der Waals surface area contributed by atoms with Crippen LogP contribution in [0.1, 0.15) is 11.3 Å². The second kappa shape index (κ2) is 4.56. The van der Waals surface area contributed by atoms with E-state index in [1.165, 1.54) is 6.34 Å². The molecule has 0 fully saturated rings. The van der Waals surface area contributed by atoms with Crippen molar-refractivity contribution in [1.82, 2.24) is 9.97 Å². The number of nitrogens with two attached hydrogens (primary N) is 1. The number of fused-ring (bicyclic) bond motifs is 1. The normalized spacial score (nSPS) is 19.4. The molecule has 16 heavy (non-hydrogen) atoms. The molecule has 0 radical (unpaired) electrons. The number of hydrogen-bond acceptors (Lipinski definition) is 5. The average Bonchev–Trinajstić information content (AvgIpc) is 2.71. The summed E-state index contributed by atoms with van der Waals surface area (Å²) in [4.78, 5) is 22.7. The lowest BCUT2D eigenvalue weighted by atomic mass is 10.1. The Kier molecular flexibility index (Phi) is 2.95. The highest BCUT2D eigenvalue weighted by Crippen LogP contribution is 2.24. The van der Waals surface area contributed by atoms with Crippen LogP contribution in [0.4, 0.5) is 5.95 Å². The summed E-state index contributed by atoms with van der Waals surface area (Å²) in [5.41, 5.74) is 1.89. The average molecular weight is 218 g/mol. The highest BCUT2D eigenvalue weighted by molar-refractivity contribution is 5.59. The van der Waals surface area contributed by atoms with Crippen molar-refractivity contribution in [2.24, 2.45) is 27.1 Å². The van der Waals surface area contributed by atoms with E-state index < -0.39 is 0 Å². The summed E-state index contributed by atoms with van der Waals surface area (Å²) in [5, 5.41) is 6.39. The molecule has 1 unspecified atom stereocenters. The zero-order chi connectivity index (χ0) is 11.4. The Morgan fingerprint density at radius 3 is 3.12 bits per heavy atom. The van der Waals surface area contributed by atoms with Crippen molar-refractivity contribution >= 4 is 18.6 Å². The number of rotatable bonds is 3. The number of carbonyl (C=O) groups is 1. The van der Waals surface area contributed by atoms with Crippen LogP contribution in [0.25, 0.3) is 0 Å². The number of aldehydes is 1. The lowest BCUT2D eigenvalue weighted by Crippen LogP contribution is -1.99. The second-order valence-electron chi connectivity index (χ2n) is 3.42. The number of nitrogens with zero attached hydrogens (tertiary/aromatic N) is 5. The zero-order valence-corrected chi connectivity index (χ0v) is 8.45. The first kappa shape index (κ1) is 10.3. The molecule has 1 aromatic heterocycles. The van der Waals surface area contributed by atoms with E-state index in [0.29, 0.717) is 18.8 Å². The van der Waals surface area contributed by atoms with Gasteiger partial charge in [-0.05, 0) is 18.4 Å². The van der Waals surface area contributed by atoms with Crippen LogP contribution in [0.5, 0.6) is 0 Å². The highest BCUT2D eigenvalue weighted by Gasteiger charge is 2.22. The fourth-order valence-electron chi connectivity index (χ4n) is 1.65. The number of aliphatic imine (C=N–C) groups is 1. The Bertz CT molecular complexity index is 455. The van der Waals surface area contributed by atoms with E-state index in [1.807, 2.05) is 0 Å². The van der Waals surface area contributed by atoms with E-state index in [-0.39, 0.29) is 5.92 Å². The molecule has 0 aliphatic heterocycles. The van der Waals surface area contributed by atoms with Crippen molar-refractivity contribution in [1.29, 1.82) is 0 Å². The van der Waals surface area contributed by atoms with Crippen molar-refractivity contribution < 1.29 is 4.79 Å². The van der Waals surface area contributed by atoms with Crippen LogP contribution in [0.2, 0.25) is 0 Å². The van der Waals surface area contributed by atoms with Crippen molar-refractivity contribution in [3.63, 3.8) is 0 Å². The molecule has 1 aromatic rings. The molecular weight excluding hydrogens is 208 g/mol. The lowest BCUT2D eigenvalue weighted by molar-refractivity contribution is -0.110. The van der Waals surface area contributed by atoms with Gasteiger partial charge in [0.15, 0.2) is 0 Å². The summed E-state index contributed by atoms with van der Waals surface area (Å²) < 4.78 is 0. The van der Waals surface area contributed by atoms with Crippen LogP contribution in [-0.4, -0.2) is 22.6 Å². The van der Waals surface area contributed by atoms with Gasteiger partial charge in [-0.2, -0.15) is 4.99 Å². The Hall–Kier alpha value is -2.18. The van der Waals surface area contributed by atoms with E-state index in [4.69, 9.17) is 5.84 Å². The molecule has 1 aliphatic rings. The number of hydrogen-bond donors (Lipinski definition) is 1. The summed E-state index contributed by atoms with van der Waals surface area (Å²) in [7, 11) is 0. The molecule has 0 aromatic carbocycles. The minimum atomic E-state index is 0.0206. The second-order valence-corrected chi connectivity index (χ2v) is 3.42. The molecule has 2 N–H and O–H groups in total. The van der Waals surface area contributed by atoms with Crippen molar-refractivity contribution in [2.75, 3.05) is 0 Å². The lowest BCUT2D eigenvalue weighted by Gasteiger charge is -1.96. The first-order chi connectivity index (χ1) is 7.83. The molecule has 7 heteroatoms. The van der Waals surface area contributed by atoms with Gasteiger partial charge in [-0.3, -0.25) is 0 Å². The smallest absolute Gasteiger partial charge is 0.251 e. The van der Waals surface area contributed by atoms with Gasteiger partial charge in [-0.1, -0.05) is 5.22 Å². The third-order valence-corrected chi connectivity index (χ3v) is 2.36. The van der Waals surface area contributed by atoms with Crippen LogP contribution >= 0.6 is 0 Å². The third kappa shape index (κ3) is 2.08. The van der Waals surface area contributed by atoms with Gasteiger partial charge in [0.05, 0.1) is 0 Å². The van der Waals surface area contributed by atoms with Crippen LogP contribution in [0.15, 0.2) is 21.5 Å². The molecule has 0 amide bonds. The maximum Gasteiger partial charge on any atom is 0.251 e. The van der Waals surface area contributed by atoms with Gasteiger partial charge >= 0.3 is 0 Å². The van der Waals surface area contributed by atoms with Gasteiger partial charge in [0.2, 0.25) is 0 Å². The molecule has 7 nitrogen and oxygen atoms in total. The predicted octanol–water partition coefficient (Wildman–Crippen LogP) is 0.376. The standard InChI is InChI=1S/C9H10N6O/c10-15-13-5-12-9-11-3-7-1-6(4-16)2-8(7)14-9/h3-6H,1-2H2,(H2,10,11,12,13,14). The molecular formula is C9H10N6O. The van der Waals surface area contributed by atoms with Gasteiger partial charge in [0.25, 0.3) is 5.95 Å². The van der Waals surface area contributed by atoms with E-state index in [2.05, 4.69) is 25.3 Å². The van der Waals surface area contributed by atoms with Crippen molar-refractivity contribution in [3.8, 4) is 0 Å². The van der Waals surface area contributed by atoms with E-state index in [1.54, 1.807) is 6.20 Å². The number of carbonyl (C=O) groups excluding carboxylic acids is 1. The first-order valence-electron chi connectivity index (χ1n) is 4.76. The third-order valence-electron chi connectivity index (χ3n) is 2.36. The van der Waals surface area contributed by atoms with Crippen LogP contribution in [0, 0.1) is 5.92 Å². The van der Waals surface area contributed by atoms with Gasteiger partial charge in [0, 0.05) is 17.8 Å². The molecule has 0 saturated heterocycles. The molecule has 1 atom stereocenters. The summed E-state index contributed by atoms with van der Waals surface area (Å²) in [5.74, 6) is 5.13. The van der Waals surface area contributed by atoms with Gasteiger partial charge in [-0.15, -0.1) is 5.11 Å². The van der Waals surface area contributed by atoms with E-state index in [9.17, 15) is 4.79 Å². The topological polar surface area (TPSA) is 106 Å². The summed E-state index contributed by atoms with van der Waals surface area (Å²) in [6.45, 7) is 0. The maximum atomic E-state index is 10.7. The summed E-state index contributed by atoms with van der Waals surface area (Å²) >= 11 is 0. The molecule has 0 spiro atoms. The zero-order valence-electron chi connectivity index (χ0n) is 8.45. The maximum absolute atomic E-state index is 10.7. The summed E-state index contributed by atoms with van der Waals surface area (Å²) in [6, 6.07) is 0. The fraction of sp³-hybridized carbons (Fsp3) is 0.333. The number of aromatic nitrogens is 2. The Labute approximate surface area is 91.5 Å². The van der Waals surface area contributed by atoms with Crippen molar-refractivity contribution in [2.45, 2.75) is 12.8 Å². The van der Waals surface area contributed by atoms with Crippen LogP contribution in [-0.2, 0) is 17.6 Å². The predicted molar refractivity (Wildman–Crippen MR) is 56.2 cm³/mol. The highest BCUT2D eigenvalue weighted by atomic mass is 16.1. The summed E-state index contributed by atoms with van der Waals surface area (Å²) in [6.07, 6.45) is 5.19. The van der Waals surface area contributed by atoms with E-state index in [0.717, 1.165) is 17.5 Å².